The number of aliphatic imine (C=N–C) groups is 1. The van der Waals surface area contributed by atoms with Crippen LogP contribution in [0, 0.1) is 0 Å². The summed E-state index contributed by atoms with van der Waals surface area (Å²) >= 11 is 0. The van der Waals surface area contributed by atoms with Crippen LogP contribution in [0.5, 0.6) is 0 Å². The fourth-order valence-electron chi connectivity index (χ4n) is 5.46. The molecule has 17 heteroatoms. The molecular formula is C24H32N10O5S2. The molecule has 0 bridgehead atoms. The molecule has 0 aromatic carbocycles. The van der Waals surface area contributed by atoms with Crippen molar-refractivity contribution in [3.63, 3.8) is 0 Å². The van der Waals surface area contributed by atoms with Crippen molar-refractivity contribution in [1.29, 1.82) is 0 Å². The normalized spacial score (nSPS) is 22.8. The number of nitrogens with zero attached hydrogens (tertiary/aromatic N) is 8. The summed E-state index contributed by atoms with van der Waals surface area (Å²) in [5.41, 5.74) is -0.109. The van der Waals surface area contributed by atoms with Crippen LogP contribution in [0.1, 0.15) is 50.2 Å². The number of piperidine rings is 2. The first kappa shape index (κ1) is 29.0. The third kappa shape index (κ3) is 5.79. The summed E-state index contributed by atoms with van der Waals surface area (Å²) in [4.78, 5) is 41.2. The highest BCUT2D eigenvalue weighted by Crippen LogP contribution is 2.45. The van der Waals surface area contributed by atoms with Gasteiger partial charge in [-0.15, -0.1) is 0 Å². The first-order valence-corrected chi connectivity index (χ1v) is 16.7. The highest BCUT2D eigenvalue weighted by Gasteiger charge is 2.57. The van der Waals surface area contributed by atoms with Gasteiger partial charge in [-0.1, -0.05) is 6.42 Å². The fourth-order valence-corrected chi connectivity index (χ4v) is 6.59. The Labute approximate surface area is 238 Å². The van der Waals surface area contributed by atoms with Crippen molar-refractivity contribution in [2.75, 3.05) is 32.4 Å². The molecule has 2 saturated heterocycles. The molecule has 5 rings (SSSR count). The zero-order valence-corrected chi connectivity index (χ0v) is 24.2. The van der Waals surface area contributed by atoms with Gasteiger partial charge in [0, 0.05) is 51.0 Å². The van der Waals surface area contributed by atoms with Crippen LogP contribution in [-0.2, 0) is 25.8 Å². The molecule has 15 nitrogen and oxygen atoms in total. The molecule has 3 aliphatic rings. The molecule has 2 amide bonds. The van der Waals surface area contributed by atoms with E-state index in [0.717, 1.165) is 36.8 Å². The van der Waals surface area contributed by atoms with Crippen molar-refractivity contribution in [2.24, 2.45) is 10.1 Å². The second-order valence-electron chi connectivity index (χ2n) is 10.1. The van der Waals surface area contributed by atoms with E-state index in [1.165, 1.54) is 24.8 Å². The van der Waals surface area contributed by atoms with Crippen molar-refractivity contribution in [3.8, 4) is 0 Å². The number of nitrogens with one attached hydrogen (secondary N) is 1. The summed E-state index contributed by atoms with van der Waals surface area (Å²) in [6.45, 7) is 1.68. The lowest BCUT2D eigenvalue weighted by Gasteiger charge is -2.52. The van der Waals surface area contributed by atoms with Gasteiger partial charge in [-0.05, 0) is 44.2 Å². The number of urea groups is 1. The van der Waals surface area contributed by atoms with E-state index in [4.69, 9.17) is 10.1 Å². The van der Waals surface area contributed by atoms with Crippen LogP contribution >= 0.6 is 0 Å². The number of rotatable bonds is 5. The first-order valence-electron chi connectivity index (χ1n) is 13.3. The van der Waals surface area contributed by atoms with Gasteiger partial charge >= 0.3 is 6.03 Å². The van der Waals surface area contributed by atoms with Gasteiger partial charge in [0.2, 0.25) is 10.0 Å². The number of amides is 2. The average Bonchev–Trinajstić information content (AvgIpc) is 2.96. The zero-order valence-electron chi connectivity index (χ0n) is 22.5. The van der Waals surface area contributed by atoms with Crippen LogP contribution in [0.15, 0.2) is 47.7 Å². The van der Waals surface area contributed by atoms with E-state index in [0.29, 0.717) is 39.0 Å². The van der Waals surface area contributed by atoms with E-state index in [-0.39, 0.29) is 23.0 Å². The highest BCUT2D eigenvalue weighted by molar-refractivity contribution is 8.05. The molecule has 2 aromatic rings. The molecule has 0 spiro atoms. The van der Waals surface area contributed by atoms with Gasteiger partial charge in [-0.3, -0.25) is 4.90 Å². The molecule has 3 aliphatic heterocycles. The smallest absolute Gasteiger partial charge is 0.340 e. The number of carbonyl (C=O) groups is 1. The maximum absolute atomic E-state index is 14.2. The molecule has 2 aromatic heterocycles. The highest BCUT2D eigenvalue weighted by atomic mass is 32.2. The quantitative estimate of drug-likeness (QED) is 0.479. The average molecular weight is 605 g/mol. The number of nitrogens with two attached hydrogens (primary N) is 1. The number of sulfonamides is 2. The molecule has 0 radical (unpaired) electrons. The standard InChI is InChI=1S/C24H32N10O5S2/c1-40(36,37)31-23(35)34-21(32-14-4-2-5-15-32)18(19-26-10-8-11-27-19)20(41(25,38)39)30-24(34,22-28-12-9-13-29-22)33-16-6-3-7-17-33/h8-13H,2-7,14-17H2,1H3,(H,31,35)(H2,25,38,39). The zero-order chi connectivity index (χ0) is 29.3. The van der Waals surface area contributed by atoms with Crippen LogP contribution in [0.2, 0.25) is 0 Å². The predicted octanol–water partition coefficient (Wildman–Crippen LogP) is 0.389. The van der Waals surface area contributed by atoms with Gasteiger partial charge in [0.15, 0.2) is 16.7 Å². The summed E-state index contributed by atoms with van der Waals surface area (Å²) in [6.07, 6.45) is 11.4. The predicted molar refractivity (Wildman–Crippen MR) is 149 cm³/mol. The number of likely N-dealkylation sites (tertiary alicyclic amines) is 2. The summed E-state index contributed by atoms with van der Waals surface area (Å²) in [5, 5.41) is 5.29. The molecule has 1 unspecified atom stereocenters. The molecule has 0 saturated carbocycles. The Morgan fingerprint density at radius 3 is 1.93 bits per heavy atom. The minimum atomic E-state index is -4.57. The monoisotopic (exact) mass is 604 g/mol. The minimum Gasteiger partial charge on any atom is -0.357 e. The number of primary sulfonamides is 1. The number of hydrogen-bond donors (Lipinski definition) is 2. The largest absolute Gasteiger partial charge is 0.357 e. The third-order valence-corrected chi connectivity index (χ3v) is 8.45. The van der Waals surface area contributed by atoms with E-state index >= 15 is 0 Å². The number of hydrogen-bond acceptors (Lipinski definition) is 12. The summed E-state index contributed by atoms with van der Waals surface area (Å²) in [6, 6.07) is 2.08. The Kier molecular flexibility index (Phi) is 8.04. The Hall–Kier alpha value is -3.54. The van der Waals surface area contributed by atoms with Gasteiger partial charge in [0.1, 0.15) is 5.82 Å². The van der Waals surface area contributed by atoms with Crippen LogP contribution < -0.4 is 9.86 Å². The first-order chi connectivity index (χ1) is 19.5. The van der Waals surface area contributed by atoms with E-state index in [1.807, 2.05) is 4.90 Å². The topological polar surface area (TPSA) is 197 Å². The van der Waals surface area contributed by atoms with Gasteiger partial charge in [0.25, 0.3) is 15.8 Å². The van der Waals surface area contributed by atoms with Crippen molar-refractivity contribution < 1.29 is 21.6 Å². The number of aromatic nitrogens is 4. The lowest BCUT2D eigenvalue weighted by molar-refractivity contribution is -0.0477. The van der Waals surface area contributed by atoms with Crippen LogP contribution in [0.3, 0.4) is 0 Å². The molecular weight excluding hydrogens is 572 g/mol. The maximum Gasteiger partial charge on any atom is 0.340 e. The summed E-state index contributed by atoms with van der Waals surface area (Å²) < 4.78 is 53.7. The van der Waals surface area contributed by atoms with Gasteiger partial charge in [-0.25, -0.2) is 61.3 Å². The molecule has 2 fully saturated rings. The lowest BCUT2D eigenvalue weighted by Crippen LogP contribution is -2.66. The SMILES string of the molecule is CS(=O)(=O)NC(=O)N1C(N2CCCCC2)=C(c2ncccn2)C(S(N)(=O)=O)=NC1(c1ncccn1)N1CCCCC1. The summed E-state index contributed by atoms with van der Waals surface area (Å²) in [7, 11) is -8.65. The van der Waals surface area contributed by atoms with E-state index in [2.05, 4.69) is 24.7 Å². The maximum atomic E-state index is 14.2. The Bertz CT molecular complexity index is 1560. The third-order valence-electron chi connectivity index (χ3n) is 7.07. The Morgan fingerprint density at radius 2 is 1.39 bits per heavy atom. The second-order valence-corrected chi connectivity index (χ2v) is 13.3. The molecule has 5 heterocycles. The van der Waals surface area contributed by atoms with E-state index in [9.17, 15) is 21.6 Å². The minimum absolute atomic E-state index is 0.0192. The van der Waals surface area contributed by atoms with Gasteiger partial charge in [0.05, 0.1) is 11.8 Å². The van der Waals surface area contributed by atoms with Crippen LogP contribution in [0.25, 0.3) is 5.57 Å². The van der Waals surface area contributed by atoms with Gasteiger partial charge in [-0.2, -0.15) is 0 Å². The fraction of sp³-hybridized carbons (Fsp3) is 0.500. The van der Waals surface area contributed by atoms with Crippen molar-refractivity contribution in [1.82, 2.24) is 39.4 Å². The Morgan fingerprint density at radius 1 is 0.854 bits per heavy atom. The van der Waals surface area contributed by atoms with Crippen LogP contribution in [0.4, 0.5) is 4.79 Å². The number of carbonyl (C=O) groups excluding carboxylic acids is 1. The molecule has 1 atom stereocenters. The summed E-state index contributed by atoms with van der Waals surface area (Å²) in [5.74, 6) is -1.99. The van der Waals surface area contributed by atoms with Crippen LogP contribution in [-0.4, -0.2) is 95.0 Å². The van der Waals surface area contributed by atoms with Gasteiger partial charge < -0.3 is 4.90 Å². The molecule has 220 valence electrons. The molecule has 0 aliphatic carbocycles. The van der Waals surface area contributed by atoms with Crippen molar-refractivity contribution in [2.45, 2.75) is 44.3 Å². The lowest BCUT2D eigenvalue weighted by atomic mass is 10.0. The van der Waals surface area contributed by atoms with E-state index < -0.39 is 36.9 Å². The van der Waals surface area contributed by atoms with Crippen molar-refractivity contribution in [3.05, 3.63) is 54.4 Å². The van der Waals surface area contributed by atoms with E-state index in [1.54, 1.807) is 17.0 Å². The molecule has 3 N–H and O–H groups in total. The molecule has 41 heavy (non-hydrogen) atoms. The Balaban J connectivity index is 1.93. The second kappa shape index (κ2) is 11.4. The van der Waals surface area contributed by atoms with Crippen molar-refractivity contribution >= 4 is 36.7 Å².